The average molecular weight is 328 g/mol. The number of hydrogen-bond acceptors (Lipinski definition) is 3. The first-order valence-electron chi connectivity index (χ1n) is 7.82. The van der Waals surface area contributed by atoms with Crippen LogP contribution in [0.15, 0.2) is 42.6 Å². The standard InChI is InChI=1S/C18H24N4O2/c1-13-8-5-6-9-14(13)20-18(24)17(23)19-12-16(21(2)3)15-10-7-11-22(15)4/h5-11,16H,12H2,1-4H3,(H,19,23)(H,20,24). The van der Waals surface area contributed by atoms with E-state index in [2.05, 4.69) is 10.6 Å². The van der Waals surface area contributed by atoms with Crippen molar-refractivity contribution in [1.29, 1.82) is 0 Å². The number of aryl methyl sites for hydroxylation is 2. The number of aromatic nitrogens is 1. The molecule has 0 aliphatic heterocycles. The van der Waals surface area contributed by atoms with Gasteiger partial charge in [0.15, 0.2) is 0 Å². The number of nitrogens with one attached hydrogen (secondary N) is 2. The highest BCUT2D eigenvalue weighted by Gasteiger charge is 2.20. The van der Waals surface area contributed by atoms with Crippen LogP contribution in [-0.4, -0.2) is 41.9 Å². The SMILES string of the molecule is Cc1ccccc1NC(=O)C(=O)NCC(c1cccn1C)N(C)C. The largest absolute Gasteiger partial charge is 0.353 e. The first-order valence-corrected chi connectivity index (χ1v) is 7.82. The van der Waals surface area contributed by atoms with E-state index in [1.54, 1.807) is 6.07 Å². The van der Waals surface area contributed by atoms with Crippen LogP contribution in [0.1, 0.15) is 17.3 Å². The maximum atomic E-state index is 12.1. The van der Waals surface area contributed by atoms with Gasteiger partial charge in [-0.3, -0.25) is 14.5 Å². The molecule has 128 valence electrons. The Labute approximate surface area is 142 Å². The first kappa shape index (κ1) is 17.7. The molecule has 0 radical (unpaired) electrons. The summed E-state index contributed by atoms with van der Waals surface area (Å²) in [6, 6.07) is 11.3. The molecule has 0 bridgehead atoms. The lowest BCUT2D eigenvalue weighted by Crippen LogP contribution is -2.40. The highest BCUT2D eigenvalue weighted by Crippen LogP contribution is 2.17. The molecule has 1 aromatic heterocycles. The van der Waals surface area contributed by atoms with Crippen molar-refractivity contribution in [2.75, 3.05) is 26.0 Å². The monoisotopic (exact) mass is 328 g/mol. The Kier molecular flexibility index (Phi) is 5.76. The molecular formula is C18H24N4O2. The molecule has 2 rings (SSSR count). The Hall–Kier alpha value is -2.60. The molecule has 2 amide bonds. The normalized spacial score (nSPS) is 12.0. The molecule has 1 unspecified atom stereocenters. The Bertz CT molecular complexity index is 721. The zero-order valence-electron chi connectivity index (χ0n) is 14.5. The number of para-hydroxylation sites is 1. The number of rotatable bonds is 5. The maximum Gasteiger partial charge on any atom is 0.313 e. The van der Waals surface area contributed by atoms with Crippen molar-refractivity contribution in [2.45, 2.75) is 13.0 Å². The van der Waals surface area contributed by atoms with Gasteiger partial charge in [-0.05, 0) is 44.8 Å². The third-order valence-electron chi connectivity index (χ3n) is 4.00. The fourth-order valence-electron chi connectivity index (χ4n) is 2.53. The van der Waals surface area contributed by atoms with E-state index in [0.29, 0.717) is 12.2 Å². The fraction of sp³-hybridized carbons (Fsp3) is 0.333. The van der Waals surface area contributed by atoms with Crippen molar-refractivity contribution < 1.29 is 9.59 Å². The summed E-state index contributed by atoms with van der Waals surface area (Å²) >= 11 is 0. The van der Waals surface area contributed by atoms with Crippen LogP contribution in [0.2, 0.25) is 0 Å². The van der Waals surface area contributed by atoms with Gasteiger partial charge < -0.3 is 15.2 Å². The van der Waals surface area contributed by atoms with Crippen molar-refractivity contribution in [3.63, 3.8) is 0 Å². The number of nitrogens with zero attached hydrogens (tertiary/aromatic N) is 2. The third kappa shape index (κ3) is 4.23. The number of hydrogen-bond donors (Lipinski definition) is 2. The van der Waals surface area contributed by atoms with E-state index in [0.717, 1.165) is 11.3 Å². The van der Waals surface area contributed by atoms with E-state index in [1.165, 1.54) is 0 Å². The summed E-state index contributed by atoms with van der Waals surface area (Å²) in [5.74, 6) is -1.30. The van der Waals surface area contributed by atoms with Gasteiger partial charge in [0.25, 0.3) is 0 Å². The van der Waals surface area contributed by atoms with Crippen LogP contribution in [0.5, 0.6) is 0 Å². The minimum atomic E-state index is -0.659. The predicted molar refractivity (Wildman–Crippen MR) is 94.7 cm³/mol. The average Bonchev–Trinajstić information content (AvgIpc) is 2.95. The van der Waals surface area contributed by atoms with Gasteiger partial charge in [-0.1, -0.05) is 18.2 Å². The van der Waals surface area contributed by atoms with Crippen LogP contribution in [0.4, 0.5) is 5.69 Å². The lowest BCUT2D eigenvalue weighted by molar-refractivity contribution is -0.136. The predicted octanol–water partition coefficient (Wildman–Crippen LogP) is 1.69. The summed E-state index contributed by atoms with van der Waals surface area (Å²) in [5, 5.41) is 5.35. The summed E-state index contributed by atoms with van der Waals surface area (Å²) in [5.41, 5.74) is 2.62. The summed E-state index contributed by atoms with van der Waals surface area (Å²) in [6.07, 6.45) is 1.96. The number of anilines is 1. The van der Waals surface area contributed by atoms with Crippen LogP contribution in [0.3, 0.4) is 0 Å². The lowest BCUT2D eigenvalue weighted by atomic mass is 10.2. The number of carbonyl (C=O) groups excluding carboxylic acids is 2. The Morgan fingerprint density at radius 1 is 1.12 bits per heavy atom. The molecule has 0 spiro atoms. The van der Waals surface area contributed by atoms with Crippen molar-refractivity contribution in [1.82, 2.24) is 14.8 Å². The van der Waals surface area contributed by atoms with E-state index in [-0.39, 0.29) is 6.04 Å². The quantitative estimate of drug-likeness (QED) is 0.821. The molecule has 2 N–H and O–H groups in total. The molecule has 1 heterocycles. The van der Waals surface area contributed by atoms with E-state index in [9.17, 15) is 9.59 Å². The second-order valence-corrected chi connectivity index (χ2v) is 6.00. The molecule has 1 aromatic carbocycles. The number of carbonyl (C=O) groups is 2. The van der Waals surface area contributed by atoms with Crippen LogP contribution in [0, 0.1) is 6.92 Å². The smallest absolute Gasteiger partial charge is 0.313 e. The lowest BCUT2D eigenvalue weighted by Gasteiger charge is -2.25. The zero-order valence-corrected chi connectivity index (χ0v) is 14.5. The van der Waals surface area contributed by atoms with Crippen molar-refractivity contribution in [2.24, 2.45) is 7.05 Å². The topological polar surface area (TPSA) is 66.4 Å². The summed E-state index contributed by atoms with van der Waals surface area (Å²) in [6.45, 7) is 2.23. The molecule has 2 aromatic rings. The number of benzene rings is 1. The van der Waals surface area contributed by atoms with E-state index in [4.69, 9.17) is 0 Å². The Morgan fingerprint density at radius 3 is 2.42 bits per heavy atom. The molecule has 6 heteroatoms. The minimum Gasteiger partial charge on any atom is -0.353 e. The van der Waals surface area contributed by atoms with Gasteiger partial charge in [-0.2, -0.15) is 0 Å². The summed E-state index contributed by atoms with van der Waals surface area (Å²) in [4.78, 5) is 26.2. The van der Waals surface area contributed by atoms with Crippen LogP contribution >= 0.6 is 0 Å². The number of likely N-dealkylation sites (N-methyl/N-ethyl adjacent to an activating group) is 1. The van der Waals surface area contributed by atoms with Crippen LogP contribution < -0.4 is 10.6 Å². The Balaban J connectivity index is 1.97. The second kappa shape index (κ2) is 7.79. The first-order chi connectivity index (χ1) is 11.4. The van der Waals surface area contributed by atoms with E-state index >= 15 is 0 Å². The molecule has 0 aliphatic carbocycles. The highest BCUT2D eigenvalue weighted by atomic mass is 16.2. The van der Waals surface area contributed by atoms with Gasteiger partial charge in [-0.25, -0.2) is 0 Å². The Morgan fingerprint density at radius 2 is 1.83 bits per heavy atom. The minimum absolute atomic E-state index is 0.0137. The van der Waals surface area contributed by atoms with E-state index in [1.807, 2.05) is 74.1 Å². The van der Waals surface area contributed by atoms with Crippen LogP contribution in [-0.2, 0) is 16.6 Å². The molecule has 6 nitrogen and oxygen atoms in total. The maximum absolute atomic E-state index is 12.1. The van der Waals surface area contributed by atoms with Gasteiger partial charge in [0, 0.05) is 31.2 Å². The van der Waals surface area contributed by atoms with Crippen LogP contribution in [0.25, 0.3) is 0 Å². The molecule has 0 fully saturated rings. The summed E-state index contributed by atoms with van der Waals surface area (Å²) < 4.78 is 2.00. The molecule has 0 saturated carbocycles. The van der Waals surface area contributed by atoms with Gasteiger partial charge in [0.1, 0.15) is 0 Å². The number of amides is 2. The zero-order chi connectivity index (χ0) is 17.7. The summed E-state index contributed by atoms with van der Waals surface area (Å²) in [7, 11) is 5.84. The van der Waals surface area contributed by atoms with Gasteiger partial charge >= 0.3 is 11.8 Å². The second-order valence-electron chi connectivity index (χ2n) is 6.00. The molecular weight excluding hydrogens is 304 g/mol. The molecule has 1 atom stereocenters. The third-order valence-corrected chi connectivity index (χ3v) is 4.00. The van der Waals surface area contributed by atoms with Gasteiger partial charge in [0.2, 0.25) is 0 Å². The van der Waals surface area contributed by atoms with Gasteiger partial charge in [-0.15, -0.1) is 0 Å². The molecule has 0 aliphatic rings. The van der Waals surface area contributed by atoms with Gasteiger partial charge in [0.05, 0.1) is 6.04 Å². The molecule has 24 heavy (non-hydrogen) atoms. The molecule has 0 saturated heterocycles. The van der Waals surface area contributed by atoms with Crippen molar-refractivity contribution >= 4 is 17.5 Å². The van der Waals surface area contributed by atoms with E-state index < -0.39 is 11.8 Å². The van der Waals surface area contributed by atoms with Crippen molar-refractivity contribution in [3.8, 4) is 0 Å². The highest BCUT2D eigenvalue weighted by molar-refractivity contribution is 6.39. The fourth-order valence-corrected chi connectivity index (χ4v) is 2.53. The van der Waals surface area contributed by atoms with Crippen molar-refractivity contribution in [3.05, 3.63) is 53.9 Å².